The van der Waals surface area contributed by atoms with E-state index in [0.29, 0.717) is 45.4 Å². The molecular weight excluding hydrogens is 907 g/mol. The molecule has 2 saturated heterocycles. The molecule has 3 heterocycles. The van der Waals surface area contributed by atoms with Crippen LogP contribution in [-0.4, -0.2) is 100 Å². The summed E-state index contributed by atoms with van der Waals surface area (Å²) >= 11 is 0. The molecule has 0 bridgehead atoms. The topological polar surface area (TPSA) is 204 Å². The maximum Gasteiger partial charge on any atom is 0.418 e. The zero-order valence-corrected chi connectivity index (χ0v) is 38.2. The SMILES string of the molecule is C[C@H](N(Cc1ccc(F)cc1)C(=O)CN1C(=O)O[C@@]2(CCc3cc(NC(=O)NCCCCCCCCCCCCNc4cccc5c4C(=O)N(C4CCC(=O)NC4=O)C5=O)ccc32)C1=O)C(F)(F)F. The number of piperidine rings is 1. The third-order valence-electron chi connectivity index (χ3n) is 13.1. The van der Waals surface area contributed by atoms with E-state index in [-0.39, 0.29) is 42.4 Å². The van der Waals surface area contributed by atoms with Crippen molar-refractivity contribution < 1.29 is 60.7 Å². The van der Waals surface area contributed by atoms with Gasteiger partial charge in [0.2, 0.25) is 23.3 Å². The van der Waals surface area contributed by atoms with Gasteiger partial charge in [0.15, 0.2) is 0 Å². The molecule has 16 nitrogen and oxygen atoms in total. The minimum atomic E-state index is -4.83. The van der Waals surface area contributed by atoms with Gasteiger partial charge in [-0.1, -0.05) is 75.6 Å². The maximum absolute atomic E-state index is 13.8. The molecule has 20 heteroatoms. The van der Waals surface area contributed by atoms with Crippen molar-refractivity contribution in [2.24, 2.45) is 0 Å². The van der Waals surface area contributed by atoms with Crippen LogP contribution in [0.2, 0.25) is 0 Å². The van der Waals surface area contributed by atoms with Gasteiger partial charge in [-0.15, -0.1) is 0 Å². The fourth-order valence-corrected chi connectivity index (χ4v) is 9.29. The number of carbonyl (C=O) groups excluding carboxylic acids is 8. The van der Waals surface area contributed by atoms with Crippen molar-refractivity contribution in [2.45, 2.75) is 127 Å². The minimum Gasteiger partial charge on any atom is -0.427 e. The Morgan fingerprint density at radius 3 is 2.19 bits per heavy atom. The molecule has 1 aliphatic carbocycles. The van der Waals surface area contributed by atoms with Crippen LogP contribution in [0, 0.1) is 5.82 Å². The molecule has 4 N–H and O–H groups in total. The molecule has 3 aromatic carbocycles. The number of amides is 9. The fourth-order valence-electron chi connectivity index (χ4n) is 9.29. The van der Waals surface area contributed by atoms with Crippen molar-refractivity contribution in [3.8, 4) is 0 Å². The summed E-state index contributed by atoms with van der Waals surface area (Å²) in [4.78, 5) is 105. The second kappa shape index (κ2) is 21.6. The van der Waals surface area contributed by atoms with Crippen LogP contribution >= 0.6 is 0 Å². The monoisotopic (exact) mass is 961 g/mol. The van der Waals surface area contributed by atoms with Crippen LogP contribution in [0.5, 0.6) is 0 Å². The summed E-state index contributed by atoms with van der Waals surface area (Å²) in [5.74, 6) is -4.77. The Morgan fingerprint density at radius 1 is 0.855 bits per heavy atom. The lowest BCUT2D eigenvalue weighted by atomic mass is 9.94. The lowest BCUT2D eigenvalue weighted by molar-refractivity contribution is -0.187. The third-order valence-corrected chi connectivity index (χ3v) is 13.1. The van der Waals surface area contributed by atoms with Crippen LogP contribution in [0.3, 0.4) is 0 Å². The summed E-state index contributed by atoms with van der Waals surface area (Å²) in [5, 5.41) is 11.1. The summed E-state index contributed by atoms with van der Waals surface area (Å²) in [6.07, 6.45) is 4.55. The van der Waals surface area contributed by atoms with Gasteiger partial charge in [-0.05, 0) is 80.1 Å². The van der Waals surface area contributed by atoms with E-state index in [1.54, 1.807) is 36.4 Å². The molecule has 1 spiro atoms. The Bertz CT molecular complexity index is 2490. The van der Waals surface area contributed by atoms with E-state index in [0.717, 1.165) is 88.2 Å². The zero-order chi connectivity index (χ0) is 49.5. The van der Waals surface area contributed by atoms with E-state index in [2.05, 4.69) is 21.3 Å². The van der Waals surface area contributed by atoms with Gasteiger partial charge in [0.25, 0.3) is 17.7 Å². The van der Waals surface area contributed by atoms with Gasteiger partial charge in [0, 0.05) is 49.4 Å². The Labute approximate surface area is 395 Å². The number of nitrogens with zero attached hydrogens (tertiary/aromatic N) is 3. The number of alkyl halides is 3. The number of fused-ring (bicyclic) bond motifs is 3. The van der Waals surface area contributed by atoms with E-state index >= 15 is 0 Å². The van der Waals surface area contributed by atoms with Gasteiger partial charge in [-0.2, -0.15) is 13.2 Å². The van der Waals surface area contributed by atoms with Crippen molar-refractivity contribution in [2.75, 3.05) is 30.3 Å². The highest BCUT2D eigenvalue weighted by atomic mass is 19.4. The number of nitrogens with one attached hydrogen (secondary N) is 4. The molecule has 3 aliphatic heterocycles. The Hall–Kier alpha value is -6.86. The molecule has 9 amide bonds. The number of imide groups is 3. The molecule has 0 aromatic heterocycles. The Balaban J connectivity index is 0.757. The van der Waals surface area contributed by atoms with E-state index < -0.39 is 90.3 Å². The molecule has 1 unspecified atom stereocenters. The maximum atomic E-state index is 13.8. The number of hydrogen-bond acceptors (Lipinski definition) is 10. The first-order valence-corrected chi connectivity index (χ1v) is 23.4. The highest BCUT2D eigenvalue weighted by Gasteiger charge is 2.59. The quantitative estimate of drug-likeness (QED) is 0.0472. The van der Waals surface area contributed by atoms with Crippen LogP contribution in [0.1, 0.15) is 128 Å². The highest BCUT2D eigenvalue weighted by Crippen LogP contribution is 2.46. The first-order valence-electron chi connectivity index (χ1n) is 23.4. The number of rotatable bonds is 21. The molecule has 69 heavy (non-hydrogen) atoms. The summed E-state index contributed by atoms with van der Waals surface area (Å²) in [5.41, 5.74) is 0.914. The molecule has 0 saturated carbocycles. The van der Waals surface area contributed by atoms with Crippen molar-refractivity contribution in [1.29, 1.82) is 0 Å². The lowest BCUT2D eigenvalue weighted by Gasteiger charge is -2.31. The second-order valence-corrected chi connectivity index (χ2v) is 17.8. The molecule has 4 aliphatic rings. The predicted octanol–water partition coefficient (Wildman–Crippen LogP) is 7.46. The van der Waals surface area contributed by atoms with Crippen molar-refractivity contribution in [3.05, 3.63) is 94.3 Å². The number of ether oxygens (including phenoxy) is 1. The van der Waals surface area contributed by atoms with Crippen LogP contribution < -0.4 is 21.3 Å². The van der Waals surface area contributed by atoms with Crippen molar-refractivity contribution in [3.63, 3.8) is 0 Å². The molecule has 0 radical (unpaired) electrons. The van der Waals surface area contributed by atoms with Gasteiger partial charge in [0.05, 0.1) is 11.1 Å². The molecule has 368 valence electrons. The average molecular weight is 962 g/mol. The van der Waals surface area contributed by atoms with E-state index in [4.69, 9.17) is 4.74 Å². The van der Waals surface area contributed by atoms with Crippen LogP contribution in [0.4, 0.5) is 38.5 Å². The van der Waals surface area contributed by atoms with Crippen molar-refractivity contribution in [1.82, 2.24) is 25.3 Å². The summed E-state index contributed by atoms with van der Waals surface area (Å²) in [6.45, 7) is 0.324. The molecule has 2 fully saturated rings. The molecular formula is C49H55F4N7O9. The first kappa shape index (κ1) is 50.0. The van der Waals surface area contributed by atoms with Crippen LogP contribution in [0.25, 0.3) is 0 Å². The number of carbonyl (C=O) groups is 8. The number of urea groups is 1. The lowest BCUT2D eigenvalue weighted by Crippen LogP contribution is -2.54. The van der Waals surface area contributed by atoms with E-state index in [9.17, 15) is 55.9 Å². The number of benzene rings is 3. The summed E-state index contributed by atoms with van der Waals surface area (Å²) < 4.78 is 60.5. The number of aryl methyl sites for hydroxylation is 1. The zero-order valence-electron chi connectivity index (χ0n) is 38.2. The first-order chi connectivity index (χ1) is 33.0. The average Bonchev–Trinajstić information content (AvgIpc) is 3.88. The molecule has 7 rings (SSSR count). The normalized spacial score (nSPS) is 19.1. The van der Waals surface area contributed by atoms with Gasteiger partial charge in [0.1, 0.15) is 24.4 Å². The minimum absolute atomic E-state index is 0.0362. The van der Waals surface area contributed by atoms with Gasteiger partial charge in [-0.25, -0.2) is 18.9 Å². The number of anilines is 2. The molecule has 3 atom stereocenters. The number of hydrogen-bond donors (Lipinski definition) is 4. The van der Waals surface area contributed by atoms with Gasteiger partial charge < -0.3 is 25.6 Å². The second-order valence-electron chi connectivity index (χ2n) is 17.8. The standard InChI is InChI=1S/C49H55F4N7O9/c1-30(49(51,52)53)58(28-31-15-17-33(50)18-16-31)40(62)29-59-45(66)48(69-47(59)68)24-23-32-27-34(19-20-36(32)48)56-46(67)55-26-11-9-7-5-3-2-4-6-8-10-25-54-37-14-12-13-35-41(37)44(65)60(43(35)64)38-21-22-39(61)57-42(38)63/h12-20,27,30,38,54H,2-11,21-26,28-29H2,1H3,(H2,55,56,67)(H,57,61,63)/t30-,38?,48+/m0/s1. The van der Waals surface area contributed by atoms with Gasteiger partial charge in [-0.3, -0.25) is 39.0 Å². The number of unbranched alkanes of at least 4 members (excludes halogenated alkanes) is 9. The Morgan fingerprint density at radius 2 is 1.52 bits per heavy atom. The Kier molecular flexibility index (Phi) is 15.7. The smallest absolute Gasteiger partial charge is 0.418 e. The van der Waals surface area contributed by atoms with E-state index in [1.807, 2.05) is 0 Å². The predicted molar refractivity (Wildman–Crippen MR) is 242 cm³/mol. The van der Waals surface area contributed by atoms with Crippen LogP contribution in [-0.2, 0) is 42.5 Å². The third kappa shape index (κ3) is 11.4. The van der Waals surface area contributed by atoms with Gasteiger partial charge >= 0.3 is 18.3 Å². The fraction of sp³-hybridized carbons (Fsp3) is 0.469. The van der Waals surface area contributed by atoms with Crippen molar-refractivity contribution >= 4 is 58.9 Å². The van der Waals surface area contributed by atoms with Crippen LogP contribution in [0.15, 0.2) is 60.7 Å². The number of halogens is 4. The molecule has 3 aromatic rings. The summed E-state index contributed by atoms with van der Waals surface area (Å²) in [6, 6.07) is 10.7. The van der Waals surface area contributed by atoms with E-state index in [1.165, 1.54) is 12.1 Å². The highest BCUT2D eigenvalue weighted by molar-refractivity contribution is 6.25. The summed E-state index contributed by atoms with van der Waals surface area (Å²) in [7, 11) is 0. The largest absolute Gasteiger partial charge is 0.427 e.